The molecule has 0 aromatic heterocycles. The van der Waals surface area contributed by atoms with Crippen molar-refractivity contribution in [2.45, 2.75) is 13.3 Å². The van der Waals surface area contributed by atoms with Crippen molar-refractivity contribution in [2.24, 2.45) is 0 Å². The molecular weight excluding hydrogens is 399 g/mol. The molecule has 134 valence electrons. The zero-order valence-electron chi connectivity index (χ0n) is 14.9. The van der Waals surface area contributed by atoms with Gasteiger partial charge in [-0.05, 0) is 0 Å². The summed E-state index contributed by atoms with van der Waals surface area (Å²) in [6, 6.07) is 19.3. The zero-order valence-corrected chi connectivity index (χ0v) is 19.1. The van der Waals surface area contributed by atoms with Crippen molar-refractivity contribution in [3.63, 3.8) is 0 Å². The Morgan fingerprint density at radius 2 is 1.32 bits per heavy atom. The molecule has 0 N–H and O–H groups in total. The summed E-state index contributed by atoms with van der Waals surface area (Å²) in [6.07, 6.45) is 8.24. The maximum atomic E-state index is 3.05. The smallest absolute Gasteiger partial charge is 0.0771 e. The number of halogens is 2. The van der Waals surface area contributed by atoms with Crippen LogP contribution < -0.4 is 0 Å². The summed E-state index contributed by atoms with van der Waals surface area (Å²) in [5.74, 6) is 0. The van der Waals surface area contributed by atoms with Gasteiger partial charge in [-0.15, -0.1) is 77.9 Å². The molecule has 0 heterocycles. The maximum absolute atomic E-state index is 3.05. The van der Waals surface area contributed by atoms with Gasteiger partial charge in [0.15, 0.2) is 0 Å². The fourth-order valence-corrected chi connectivity index (χ4v) is 2.40. The van der Waals surface area contributed by atoms with Gasteiger partial charge in [0, 0.05) is 0 Å². The topological polar surface area (TPSA) is 0 Å². The maximum Gasteiger partial charge on any atom is -0.0771 e. The normalized spacial score (nSPS) is 10.3. The summed E-state index contributed by atoms with van der Waals surface area (Å²) in [6.45, 7) is 2.08. The molecule has 1 aliphatic carbocycles. The Balaban J connectivity index is -0.000000354. The van der Waals surface area contributed by atoms with E-state index in [-0.39, 0.29) is 39.7 Å². The largest absolute Gasteiger partial charge is 0.126 e. The molecule has 0 amide bonds. The van der Waals surface area contributed by atoms with E-state index in [1.165, 1.54) is 27.1 Å². The van der Waals surface area contributed by atoms with Crippen molar-refractivity contribution in [2.75, 3.05) is 0 Å². The van der Waals surface area contributed by atoms with E-state index in [1.54, 1.807) is 19.2 Å². The molecule has 0 fully saturated rings. The van der Waals surface area contributed by atoms with Crippen LogP contribution in [0.2, 0.25) is 0 Å². The SMILES string of the molecule is CC1=CC[C-]=C1.Cl.Cl.[CH3-].[CH3-].[Si]=[Ti].c1ccc2c(c1)[cH-]c1ccccc12. The molecular formula is C21H24Cl2SiTi-4. The Morgan fingerprint density at radius 3 is 1.64 bits per heavy atom. The van der Waals surface area contributed by atoms with E-state index < -0.39 is 0 Å². The van der Waals surface area contributed by atoms with Gasteiger partial charge in [-0.2, -0.15) is 6.08 Å². The predicted molar refractivity (Wildman–Crippen MR) is 116 cm³/mol. The summed E-state index contributed by atoms with van der Waals surface area (Å²) >= 11 is 1.81. The second-order valence-electron chi connectivity index (χ2n) is 4.82. The van der Waals surface area contributed by atoms with Crippen LogP contribution in [0.5, 0.6) is 0 Å². The molecule has 4 heteroatoms. The third-order valence-electron chi connectivity index (χ3n) is 3.39. The van der Waals surface area contributed by atoms with Crippen LogP contribution in [0, 0.1) is 20.9 Å². The first-order valence-electron chi connectivity index (χ1n) is 6.86. The molecule has 4 rings (SSSR count). The van der Waals surface area contributed by atoms with Crippen LogP contribution in [0.15, 0.2) is 72.3 Å². The fraction of sp³-hybridized carbons (Fsp3) is 0.0952. The van der Waals surface area contributed by atoms with Gasteiger partial charge < -0.3 is 14.9 Å². The number of allylic oxidation sites excluding steroid dienone is 4. The van der Waals surface area contributed by atoms with E-state index in [0.29, 0.717) is 0 Å². The Kier molecular flexibility index (Phi) is 18.1. The van der Waals surface area contributed by atoms with E-state index in [1.807, 2.05) is 6.08 Å². The van der Waals surface area contributed by atoms with Crippen molar-refractivity contribution < 1.29 is 19.2 Å². The van der Waals surface area contributed by atoms with Crippen LogP contribution in [0.25, 0.3) is 21.5 Å². The van der Waals surface area contributed by atoms with Gasteiger partial charge in [-0.25, -0.2) is 11.6 Å². The first-order chi connectivity index (χ1) is 10.3. The molecule has 2 radical (unpaired) electrons. The van der Waals surface area contributed by atoms with Crippen molar-refractivity contribution in [1.29, 1.82) is 0 Å². The fourth-order valence-electron chi connectivity index (χ4n) is 2.40. The van der Waals surface area contributed by atoms with E-state index >= 15 is 0 Å². The first kappa shape index (κ1) is 29.1. The predicted octanol–water partition coefficient (Wildman–Crippen LogP) is 6.77. The van der Waals surface area contributed by atoms with Crippen LogP contribution >= 0.6 is 24.8 Å². The Bertz CT molecular complexity index is 738. The molecule has 0 spiro atoms. The Hall–Kier alpha value is -0.699. The quantitative estimate of drug-likeness (QED) is 0.277. The number of hydrogen-bond donors (Lipinski definition) is 0. The molecule has 0 bridgehead atoms. The summed E-state index contributed by atoms with van der Waals surface area (Å²) in [5, 5.41) is 5.39. The summed E-state index contributed by atoms with van der Waals surface area (Å²) < 4.78 is 0. The standard InChI is InChI=1S/C13H9.C6H7.2CH3.2ClH.Si.Ti/c1-3-7-12-10(5-1)9-11-6-2-4-8-13(11)12;1-6-4-2-3-5-6;;;;;;/h1-9H;4-5H,2H2,1H3;2*1H3;2*1H;;/q4*-1;;;;. The van der Waals surface area contributed by atoms with Crippen molar-refractivity contribution in [1.82, 2.24) is 0 Å². The molecule has 0 unspecified atom stereocenters. The van der Waals surface area contributed by atoms with Crippen LogP contribution in [-0.2, 0) is 19.2 Å². The molecule has 3 aromatic rings. The number of rotatable bonds is 0. The van der Waals surface area contributed by atoms with Crippen molar-refractivity contribution >= 4 is 54.0 Å². The minimum Gasteiger partial charge on any atom is -0.126 e. The second-order valence-corrected chi connectivity index (χ2v) is 4.82. The van der Waals surface area contributed by atoms with Gasteiger partial charge in [-0.3, -0.25) is 6.08 Å². The van der Waals surface area contributed by atoms with Crippen LogP contribution in [-0.4, -0.2) is 7.63 Å². The second kappa shape index (κ2) is 15.5. The minimum absolute atomic E-state index is 0. The van der Waals surface area contributed by atoms with E-state index in [9.17, 15) is 0 Å². The van der Waals surface area contributed by atoms with Gasteiger partial charge in [0.05, 0.1) is 0 Å². The molecule has 0 nitrogen and oxygen atoms in total. The Labute approximate surface area is 179 Å². The monoisotopic (exact) mass is 422 g/mol. The molecule has 1 aliphatic rings. The van der Waals surface area contributed by atoms with Gasteiger partial charge in [-0.1, -0.05) is 36.4 Å². The summed E-state index contributed by atoms with van der Waals surface area (Å²) in [5.41, 5.74) is 1.34. The molecule has 0 saturated carbocycles. The first-order valence-corrected chi connectivity index (χ1v) is 9.70. The number of hydrogen-bond acceptors (Lipinski definition) is 0. The average Bonchev–Trinajstić information content (AvgIpc) is 3.16. The van der Waals surface area contributed by atoms with Crippen molar-refractivity contribution in [3.05, 3.63) is 93.3 Å². The third kappa shape index (κ3) is 8.02. The zero-order chi connectivity index (χ0) is 15.1. The van der Waals surface area contributed by atoms with Gasteiger partial charge in [0.2, 0.25) is 0 Å². The van der Waals surface area contributed by atoms with Crippen molar-refractivity contribution in [3.8, 4) is 0 Å². The average molecular weight is 423 g/mol. The summed E-state index contributed by atoms with van der Waals surface area (Å²) in [4.78, 5) is 0. The summed E-state index contributed by atoms with van der Waals surface area (Å²) in [7, 11) is 2.97. The van der Waals surface area contributed by atoms with Gasteiger partial charge in [0.1, 0.15) is 0 Å². The third-order valence-corrected chi connectivity index (χ3v) is 3.39. The number of benzene rings is 2. The molecule has 3 aromatic carbocycles. The van der Waals surface area contributed by atoms with Crippen LogP contribution in [0.4, 0.5) is 0 Å². The molecule has 0 aliphatic heterocycles. The Morgan fingerprint density at radius 1 is 0.880 bits per heavy atom. The molecule has 25 heavy (non-hydrogen) atoms. The van der Waals surface area contributed by atoms with Gasteiger partial charge >= 0.3 is 26.8 Å². The minimum atomic E-state index is 0. The van der Waals surface area contributed by atoms with Gasteiger partial charge in [0.25, 0.3) is 0 Å². The number of fused-ring (bicyclic) bond motifs is 3. The van der Waals surface area contributed by atoms with Crippen LogP contribution in [0.1, 0.15) is 13.3 Å². The van der Waals surface area contributed by atoms with Crippen LogP contribution in [0.3, 0.4) is 0 Å². The van der Waals surface area contributed by atoms with E-state index in [4.69, 9.17) is 0 Å². The molecule has 0 saturated heterocycles. The van der Waals surface area contributed by atoms with E-state index in [2.05, 4.69) is 81.3 Å². The van der Waals surface area contributed by atoms with E-state index in [0.717, 1.165) is 6.42 Å². The molecule has 0 atom stereocenters.